The molecule has 0 saturated heterocycles. The standard InChI is InChI=1S/C16H15ClO2/c1-9-6-10(2)15(11(3)7-9)13-5-4-12(16(18)19)8-14(13)17/h4-8H,1-3H3,(H,18,19). The first-order valence-corrected chi connectivity index (χ1v) is 6.39. The van der Waals surface area contributed by atoms with Crippen molar-refractivity contribution in [1.29, 1.82) is 0 Å². The topological polar surface area (TPSA) is 37.3 Å². The van der Waals surface area contributed by atoms with E-state index in [0.29, 0.717) is 5.02 Å². The smallest absolute Gasteiger partial charge is 0.335 e. The number of carboxylic acid groups (broad SMARTS) is 1. The molecule has 1 N–H and O–H groups in total. The van der Waals surface area contributed by atoms with Gasteiger partial charge in [0.05, 0.1) is 5.56 Å². The second-order valence-electron chi connectivity index (χ2n) is 4.77. The molecule has 0 bridgehead atoms. The van der Waals surface area contributed by atoms with Gasteiger partial charge in [-0.1, -0.05) is 35.4 Å². The van der Waals surface area contributed by atoms with Gasteiger partial charge in [-0.3, -0.25) is 0 Å². The molecule has 0 radical (unpaired) electrons. The van der Waals surface area contributed by atoms with Crippen molar-refractivity contribution in [1.82, 2.24) is 0 Å². The van der Waals surface area contributed by atoms with Gasteiger partial charge >= 0.3 is 5.97 Å². The summed E-state index contributed by atoms with van der Waals surface area (Å²) in [6, 6.07) is 9.06. The number of hydrogen-bond acceptors (Lipinski definition) is 1. The van der Waals surface area contributed by atoms with E-state index in [4.69, 9.17) is 16.7 Å². The van der Waals surface area contributed by atoms with Crippen LogP contribution in [0, 0.1) is 20.8 Å². The lowest BCUT2D eigenvalue weighted by atomic mass is 9.93. The van der Waals surface area contributed by atoms with E-state index in [1.807, 2.05) is 13.8 Å². The van der Waals surface area contributed by atoms with Gasteiger partial charge in [-0.25, -0.2) is 4.79 Å². The van der Waals surface area contributed by atoms with Crippen LogP contribution in [0.5, 0.6) is 0 Å². The van der Waals surface area contributed by atoms with E-state index >= 15 is 0 Å². The number of rotatable bonds is 2. The lowest BCUT2D eigenvalue weighted by Crippen LogP contribution is -1.97. The predicted octanol–water partition coefficient (Wildman–Crippen LogP) is 4.63. The van der Waals surface area contributed by atoms with Gasteiger partial charge in [0.2, 0.25) is 0 Å². The molecule has 98 valence electrons. The highest BCUT2D eigenvalue weighted by Crippen LogP contribution is 2.34. The third-order valence-electron chi connectivity index (χ3n) is 3.16. The van der Waals surface area contributed by atoms with Crippen molar-refractivity contribution in [3.8, 4) is 11.1 Å². The van der Waals surface area contributed by atoms with Crippen LogP contribution in [-0.2, 0) is 0 Å². The number of carbonyl (C=O) groups is 1. The summed E-state index contributed by atoms with van der Waals surface area (Å²) >= 11 is 6.23. The summed E-state index contributed by atoms with van der Waals surface area (Å²) in [6.07, 6.45) is 0. The zero-order valence-electron chi connectivity index (χ0n) is 11.1. The molecule has 0 aliphatic heterocycles. The number of halogens is 1. The fourth-order valence-electron chi connectivity index (χ4n) is 2.46. The number of benzene rings is 2. The van der Waals surface area contributed by atoms with Crippen LogP contribution in [-0.4, -0.2) is 11.1 Å². The second-order valence-corrected chi connectivity index (χ2v) is 5.18. The molecule has 0 heterocycles. The Kier molecular flexibility index (Phi) is 3.63. The quantitative estimate of drug-likeness (QED) is 0.867. The van der Waals surface area contributed by atoms with Crippen LogP contribution in [0.25, 0.3) is 11.1 Å². The van der Waals surface area contributed by atoms with Gasteiger partial charge in [0, 0.05) is 10.6 Å². The van der Waals surface area contributed by atoms with Crippen molar-refractivity contribution in [2.24, 2.45) is 0 Å². The summed E-state index contributed by atoms with van der Waals surface area (Å²) in [4.78, 5) is 10.9. The average molecular weight is 275 g/mol. The summed E-state index contributed by atoms with van der Waals surface area (Å²) in [5, 5.41) is 9.43. The Hall–Kier alpha value is -1.80. The molecule has 19 heavy (non-hydrogen) atoms. The van der Waals surface area contributed by atoms with E-state index in [9.17, 15) is 4.79 Å². The maximum absolute atomic E-state index is 10.9. The number of aryl methyl sites for hydroxylation is 3. The number of hydrogen-bond donors (Lipinski definition) is 1. The van der Waals surface area contributed by atoms with Gasteiger partial charge in [-0.2, -0.15) is 0 Å². The van der Waals surface area contributed by atoms with Crippen LogP contribution in [0.15, 0.2) is 30.3 Å². The predicted molar refractivity (Wildman–Crippen MR) is 78.1 cm³/mol. The minimum Gasteiger partial charge on any atom is -0.478 e. The molecule has 2 aromatic rings. The first-order chi connectivity index (χ1) is 8.90. The van der Waals surface area contributed by atoms with Gasteiger partial charge in [0.15, 0.2) is 0 Å². The van der Waals surface area contributed by atoms with Crippen molar-refractivity contribution in [3.63, 3.8) is 0 Å². The largest absolute Gasteiger partial charge is 0.478 e. The van der Waals surface area contributed by atoms with Crippen molar-refractivity contribution in [3.05, 3.63) is 57.6 Å². The van der Waals surface area contributed by atoms with Gasteiger partial charge in [0.25, 0.3) is 0 Å². The highest BCUT2D eigenvalue weighted by atomic mass is 35.5. The Morgan fingerprint density at radius 3 is 2.11 bits per heavy atom. The SMILES string of the molecule is Cc1cc(C)c(-c2ccc(C(=O)O)cc2Cl)c(C)c1. The van der Waals surface area contributed by atoms with E-state index in [-0.39, 0.29) is 5.56 Å². The zero-order valence-corrected chi connectivity index (χ0v) is 11.9. The molecule has 2 nitrogen and oxygen atoms in total. The lowest BCUT2D eigenvalue weighted by molar-refractivity contribution is 0.0697. The molecular formula is C16H15ClO2. The summed E-state index contributed by atoms with van der Waals surface area (Å²) < 4.78 is 0. The Bertz CT molecular complexity index is 637. The highest BCUT2D eigenvalue weighted by molar-refractivity contribution is 6.33. The lowest BCUT2D eigenvalue weighted by Gasteiger charge is -2.13. The van der Waals surface area contributed by atoms with Gasteiger partial charge in [0.1, 0.15) is 0 Å². The Morgan fingerprint density at radius 2 is 1.63 bits per heavy atom. The van der Waals surface area contributed by atoms with Crippen LogP contribution in [0.1, 0.15) is 27.0 Å². The van der Waals surface area contributed by atoms with E-state index in [2.05, 4.69) is 19.1 Å². The van der Waals surface area contributed by atoms with Crippen LogP contribution < -0.4 is 0 Å². The minimum absolute atomic E-state index is 0.205. The molecule has 2 rings (SSSR count). The van der Waals surface area contributed by atoms with Crippen LogP contribution in [0.4, 0.5) is 0 Å². The number of aromatic carboxylic acids is 1. The van der Waals surface area contributed by atoms with Crippen LogP contribution >= 0.6 is 11.6 Å². The van der Waals surface area contributed by atoms with Crippen LogP contribution in [0.3, 0.4) is 0 Å². The molecule has 0 aliphatic carbocycles. The van der Waals surface area contributed by atoms with Gasteiger partial charge in [-0.15, -0.1) is 0 Å². The van der Waals surface area contributed by atoms with E-state index in [1.165, 1.54) is 11.6 Å². The summed E-state index contributed by atoms with van der Waals surface area (Å²) in [7, 11) is 0. The summed E-state index contributed by atoms with van der Waals surface area (Å²) in [5.74, 6) is -0.967. The minimum atomic E-state index is -0.967. The molecule has 0 unspecified atom stereocenters. The molecule has 0 spiro atoms. The third-order valence-corrected chi connectivity index (χ3v) is 3.48. The molecule has 3 heteroatoms. The van der Waals surface area contributed by atoms with E-state index < -0.39 is 5.97 Å². The second kappa shape index (κ2) is 5.06. The van der Waals surface area contributed by atoms with Crippen molar-refractivity contribution >= 4 is 17.6 Å². The first-order valence-electron chi connectivity index (χ1n) is 6.01. The van der Waals surface area contributed by atoms with E-state index in [1.54, 1.807) is 12.1 Å². The van der Waals surface area contributed by atoms with Crippen LogP contribution in [0.2, 0.25) is 5.02 Å². The molecule has 0 aliphatic rings. The summed E-state index contributed by atoms with van der Waals surface area (Å²) in [6.45, 7) is 6.13. The van der Waals surface area contributed by atoms with Crippen molar-refractivity contribution < 1.29 is 9.90 Å². The molecule has 0 fully saturated rings. The molecule has 0 atom stereocenters. The Morgan fingerprint density at radius 1 is 1.05 bits per heavy atom. The Balaban J connectivity index is 2.63. The van der Waals surface area contributed by atoms with Crippen molar-refractivity contribution in [2.45, 2.75) is 20.8 Å². The molecule has 2 aromatic carbocycles. The first kappa shape index (κ1) is 13.6. The zero-order chi connectivity index (χ0) is 14.2. The maximum Gasteiger partial charge on any atom is 0.335 e. The molecular weight excluding hydrogens is 260 g/mol. The van der Waals surface area contributed by atoms with Gasteiger partial charge < -0.3 is 5.11 Å². The monoisotopic (exact) mass is 274 g/mol. The third kappa shape index (κ3) is 2.64. The molecule has 0 amide bonds. The maximum atomic E-state index is 10.9. The number of carboxylic acids is 1. The highest BCUT2D eigenvalue weighted by Gasteiger charge is 2.12. The fraction of sp³-hybridized carbons (Fsp3) is 0.188. The average Bonchev–Trinajstić information content (AvgIpc) is 2.29. The fourth-order valence-corrected chi connectivity index (χ4v) is 2.73. The molecule has 0 aromatic heterocycles. The Labute approximate surface area is 117 Å². The van der Waals surface area contributed by atoms with E-state index in [0.717, 1.165) is 22.3 Å². The normalized spacial score (nSPS) is 10.5. The molecule has 0 saturated carbocycles. The summed E-state index contributed by atoms with van der Waals surface area (Å²) in [5.41, 5.74) is 5.65. The van der Waals surface area contributed by atoms with Crippen molar-refractivity contribution in [2.75, 3.05) is 0 Å². The van der Waals surface area contributed by atoms with Gasteiger partial charge in [-0.05, 0) is 49.6 Å².